The van der Waals surface area contributed by atoms with E-state index in [9.17, 15) is 17.6 Å². The fourth-order valence-electron chi connectivity index (χ4n) is 3.43. The van der Waals surface area contributed by atoms with Gasteiger partial charge in [0.25, 0.3) is 5.91 Å². The standard InChI is InChI=1S/C23H20ClFN2O4S2/c24-16-8-10-17(11-9-16)31-21(22(28)27-23-26-14-20(25)32-23)15-6-12-19(13-7-15)33(29,30)18-4-2-1-3-5-18/h4,6-14,21H,1-3,5H2,(H,26,27,28). The zero-order valence-electron chi connectivity index (χ0n) is 17.3. The van der Waals surface area contributed by atoms with E-state index >= 15 is 0 Å². The lowest BCUT2D eigenvalue weighted by Gasteiger charge is -2.19. The van der Waals surface area contributed by atoms with Crippen LogP contribution in [0.5, 0.6) is 5.75 Å². The number of rotatable bonds is 7. The average molecular weight is 507 g/mol. The minimum Gasteiger partial charge on any atom is -0.476 e. The first-order valence-electron chi connectivity index (χ1n) is 10.2. The topological polar surface area (TPSA) is 85.4 Å². The third kappa shape index (κ3) is 5.61. The van der Waals surface area contributed by atoms with Crippen LogP contribution in [0.1, 0.15) is 37.4 Å². The summed E-state index contributed by atoms with van der Waals surface area (Å²) >= 11 is 6.61. The lowest BCUT2D eigenvalue weighted by molar-refractivity contribution is -0.123. The second kappa shape index (κ2) is 10.0. The highest BCUT2D eigenvalue weighted by atomic mass is 35.5. The summed E-state index contributed by atoms with van der Waals surface area (Å²) in [6.45, 7) is 0. The van der Waals surface area contributed by atoms with Gasteiger partial charge in [-0.2, -0.15) is 4.39 Å². The highest BCUT2D eigenvalue weighted by Crippen LogP contribution is 2.30. The molecule has 1 amide bonds. The maximum absolute atomic E-state index is 13.3. The number of hydrogen-bond acceptors (Lipinski definition) is 6. The molecule has 6 nitrogen and oxygen atoms in total. The fraction of sp³-hybridized carbons (Fsp3) is 0.217. The summed E-state index contributed by atoms with van der Waals surface area (Å²) in [6, 6.07) is 12.5. The molecule has 1 heterocycles. The lowest BCUT2D eigenvalue weighted by atomic mass is 10.1. The first-order valence-corrected chi connectivity index (χ1v) is 12.9. The number of nitrogens with zero attached hydrogens (tertiary/aromatic N) is 1. The van der Waals surface area contributed by atoms with Crippen LogP contribution in [-0.2, 0) is 14.6 Å². The highest BCUT2D eigenvalue weighted by molar-refractivity contribution is 7.95. The number of ether oxygens (including phenoxy) is 1. The van der Waals surface area contributed by atoms with E-state index in [2.05, 4.69) is 10.3 Å². The Kier molecular flexibility index (Phi) is 7.11. The molecule has 0 saturated carbocycles. The molecule has 0 spiro atoms. The summed E-state index contributed by atoms with van der Waals surface area (Å²) < 4.78 is 45.1. The summed E-state index contributed by atoms with van der Waals surface area (Å²) in [5, 5.41) is 2.60. The second-order valence-electron chi connectivity index (χ2n) is 7.40. The monoisotopic (exact) mass is 506 g/mol. The predicted molar refractivity (Wildman–Crippen MR) is 126 cm³/mol. The van der Waals surface area contributed by atoms with Crippen LogP contribution < -0.4 is 10.1 Å². The molecule has 1 aliphatic carbocycles. The number of amides is 1. The maximum Gasteiger partial charge on any atom is 0.271 e. The van der Waals surface area contributed by atoms with Crippen molar-refractivity contribution in [2.75, 3.05) is 5.32 Å². The summed E-state index contributed by atoms with van der Waals surface area (Å²) in [5.41, 5.74) is 0.427. The van der Waals surface area contributed by atoms with Gasteiger partial charge in [0.1, 0.15) is 5.75 Å². The van der Waals surface area contributed by atoms with Gasteiger partial charge in [0.15, 0.2) is 10.3 Å². The SMILES string of the molecule is O=C(Nc1ncc(F)s1)C(Oc1ccc(Cl)cc1)c1ccc(S(=O)(=O)C2=CCCCC2)cc1. The second-order valence-corrected chi connectivity index (χ2v) is 10.8. The molecule has 1 unspecified atom stereocenters. The Bertz CT molecular complexity index is 1270. The molecule has 10 heteroatoms. The molecule has 1 aliphatic rings. The number of carbonyl (C=O) groups is 1. The van der Waals surface area contributed by atoms with Crippen molar-refractivity contribution in [3.8, 4) is 5.75 Å². The molecule has 0 aliphatic heterocycles. The third-order valence-corrected chi connectivity index (χ3v) is 8.01. The molecule has 2 aromatic carbocycles. The van der Waals surface area contributed by atoms with Crippen LogP contribution in [0.4, 0.5) is 9.52 Å². The minimum atomic E-state index is -3.58. The molecule has 0 saturated heterocycles. The summed E-state index contributed by atoms with van der Waals surface area (Å²) in [6.07, 6.45) is 4.76. The summed E-state index contributed by atoms with van der Waals surface area (Å²) in [5.74, 6) is -0.196. The average Bonchev–Trinajstić information content (AvgIpc) is 3.23. The van der Waals surface area contributed by atoms with Crippen molar-refractivity contribution in [1.82, 2.24) is 4.98 Å². The van der Waals surface area contributed by atoms with E-state index in [4.69, 9.17) is 16.3 Å². The molecule has 33 heavy (non-hydrogen) atoms. The van der Waals surface area contributed by atoms with Crippen LogP contribution in [0.2, 0.25) is 5.02 Å². The van der Waals surface area contributed by atoms with Gasteiger partial charge in [0.2, 0.25) is 15.9 Å². The van der Waals surface area contributed by atoms with Crippen LogP contribution in [0.25, 0.3) is 0 Å². The molecule has 172 valence electrons. The van der Waals surface area contributed by atoms with Crippen molar-refractivity contribution in [1.29, 1.82) is 0 Å². The molecule has 4 rings (SSSR count). The van der Waals surface area contributed by atoms with Crippen molar-refractivity contribution in [3.63, 3.8) is 0 Å². The zero-order valence-corrected chi connectivity index (χ0v) is 19.7. The summed E-state index contributed by atoms with van der Waals surface area (Å²) in [4.78, 5) is 17.4. The van der Waals surface area contributed by atoms with Crippen LogP contribution in [0.15, 0.2) is 70.6 Å². The number of carbonyl (C=O) groups excluding carboxylic acids is 1. The number of hydrogen-bond donors (Lipinski definition) is 1. The molecule has 0 bridgehead atoms. The maximum atomic E-state index is 13.3. The van der Waals surface area contributed by atoms with Gasteiger partial charge < -0.3 is 4.74 Å². The number of aromatic nitrogens is 1. The van der Waals surface area contributed by atoms with Crippen molar-refractivity contribution in [2.45, 2.75) is 36.7 Å². The van der Waals surface area contributed by atoms with E-state index in [-0.39, 0.29) is 10.0 Å². The van der Waals surface area contributed by atoms with Crippen molar-refractivity contribution in [2.24, 2.45) is 0 Å². The predicted octanol–water partition coefficient (Wildman–Crippen LogP) is 5.93. The largest absolute Gasteiger partial charge is 0.476 e. The number of halogens is 2. The van der Waals surface area contributed by atoms with Crippen LogP contribution in [0.3, 0.4) is 0 Å². The van der Waals surface area contributed by atoms with Crippen molar-refractivity contribution < 1.29 is 22.3 Å². The smallest absolute Gasteiger partial charge is 0.271 e. The summed E-state index contributed by atoms with van der Waals surface area (Å²) in [7, 11) is -3.58. The number of thiazole rings is 1. The van der Waals surface area contributed by atoms with Gasteiger partial charge in [-0.25, -0.2) is 13.4 Å². The number of anilines is 1. The van der Waals surface area contributed by atoms with Gasteiger partial charge in [0, 0.05) is 15.5 Å². The van der Waals surface area contributed by atoms with Gasteiger partial charge in [-0.15, -0.1) is 0 Å². The molecule has 1 atom stereocenters. The van der Waals surface area contributed by atoms with Gasteiger partial charge in [-0.3, -0.25) is 10.1 Å². The van der Waals surface area contributed by atoms with E-state index < -0.39 is 27.0 Å². The Hall–Kier alpha value is -2.75. The quantitative estimate of drug-likeness (QED) is 0.429. The molecular weight excluding hydrogens is 487 g/mol. The Morgan fingerprint density at radius 3 is 2.45 bits per heavy atom. The van der Waals surface area contributed by atoms with E-state index in [1.807, 2.05) is 0 Å². The first kappa shape index (κ1) is 23.4. The number of allylic oxidation sites excluding steroid dienone is 2. The number of benzene rings is 2. The Balaban J connectivity index is 1.62. The molecule has 3 aromatic rings. The minimum absolute atomic E-state index is 0.0886. The van der Waals surface area contributed by atoms with Gasteiger partial charge >= 0.3 is 0 Å². The molecule has 1 N–H and O–H groups in total. The fourth-order valence-corrected chi connectivity index (χ4v) is 5.65. The molecular formula is C23H20ClFN2O4S2. The van der Waals surface area contributed by atoms with E-state index in [1.54, 1.807) is 42.5 Å². The van der Waals surface area contributed by atoms with Crippen molar-refractivity contribution >= 4 is 43.8 Å². The Morgan fingerprint density at radius 1 is 1.12 bits per heavy atom. The Morgan fingerprint density at radius 2 is 1.85 bits per heavy atom. The number of nitrogens with one attached hydrogen (secondary N) is 1. The normalized spacial score (nSPS) is 14.9. The van der Waals surface area contributed by atoms with Crippen LogP contribution in [-0.4, -0.2) is 19.3 Å². The van der Waals surface area contributed by atoms with Crippen LogP contribution >= 0.6 is 22.9 Å². The van der Waals surface area contributed by atoms with E-state index in [0.29, 0.717) is 39.0 Å². The van der Waals surface area contributed by atoms with E-state index in [1.165, 1.54) is 12.1 Å². The highest BCUT2D eigenvalue weighted by Gasteiger charge is 2.26. The Labute approximate surface area is 200 Å². The number of sulfone groups is 1. The van der Waals surface area contributed by atoms with E-state index in [0.717, 1.165) is 25.5 Å². The lowest BCUT2D eigenvalue weighted by Crippen LogP contribution is -2.25. The van der Waals surface area contributed by atoms with Gasteiger partial charge in [-0.1, -0.05) is 41.1 Å². The third-order valence-electron chi connectivity index (χ3n) is 5.10. The van der Waals surface area contributed by atoms with Gasteiger partial charge in [0.05, 0.1) is 11.1 Å². The first-order chi connectivity index (χ1) is 15.8. The van der Waals surface area contributed by atoms with Crippen LogP contribution in [0, 0.1) is 5.13 Å². The zero-order chi connectivity index (χ0) is 23.4. The molecule has 1 aromatic heterocycles. The molecule has 0 fully saturated rings. The van der Waals surface area contributed by atoms with Gasteiger partial charge in [-0.05, 0) is 62.1 Å². The van der Waals surface area contributed by atoms with Crippen molar-refractivity contribution in [3.05, 3.63) is 81.4 Å². The molecule has 0 radical (unpaired) electrons.